The van der Waals surface area contributed by atoms with Crippen molar-refractivity contribution in [3.8, 4) is 0 Å². The molecule has 1 N–H and O–H groups in total. The molecule has 0 spiro atoms. The average molecular weight is 529 g/mol. The number of piperazine rings is 1. The van der Waals surface area contributed by atoms with Crippen LogP contribution in [0.2, 0.25) is 0 Å². The number of rotatable bonds is 6. The number of hydrogen-bond donors (Lipinski definition) is 1. The molecule has 38 heavy (non-hydrogen) atoms. The van der Waals surface area contributed by atoms with Crippen LogP contribution < -0.4 is 10.2 Å². The van der Waals surface area contributed by atoms with Crippen LogP contribution in [-0.2, 0) is 16.1 Å². The molecule has 3 aromatic carbocycles. The molecule has 2 aliphatic heterocycles. The maximum atomic E-state index is 13.2. The maximum Gasteiger partial charge on any atom is 0.283 e. The molecule has 3 amide bonds. The fraction of sp³-hybridized carbons (Fsp3) is 0.233. The quantitative estimate of drug-likeness (QED) is 0.470. The van der Waals surface area contributed by atoms with Crippen LogP contribution in [0.15, 0.2) is 83.5 Å². The zero-order valence-corrected chi connectivity index (χ0v) is 22.2. The molecule has 0 bridgehead atoms. The molecule has 2 heterocycles. The van der Waals surface area contributed by atoms with E-state index in [1.807, 2.05) is 49.1 Å². The van der Waals surface area contributed by atoms with Gasteiger partial charge in [-0.1, -0.05) is 65.7 Å². The summed E-state index contributed by atoms with van der Waals surface area (Å²) >= 11 is 6.32. The molecular weight excluding hydrogens is 500 g/mol. The first-order chi connectivity index (χ1) is 18.3. The van der Waals surface area contributed by atoms with Crippen molar-refractivity contribution in [2.24, 2.45) is 0 Å². The monoisotopic (exact) mass is 528 g/mol. The Labute approximate surface area is 227 Å². The second-order valence-corrected chi connectivity index (χ2v) is 10.1. The lowest BCUT2D eigenvalue weighted by molar-refractivity contribution is -0.120. The third-order valence-corrected chi connectivity index (χ3v) is 7.26. The first kappa shape index (κ1) is 25.7. The fourth-order valence-corrected chi connectivity index (χ4v) is 5.11. The van der Waals surface area contributed by atoms with Gasteiger partial charge in [0.15, 0.2) is 0 Å². The SMILES string of the molecule is Cc1ccc(N2C(=O)C(Cl)=C(Nc3cccc(C(=O)N4CCN(Cc5ccccc5)CC4)c3)C2=O)c(C)c1. The molecule has 1 fully saturated rings. The molecular formula is C30H29ClN4O3. The predicted octanol–water partition coefficient (Wildman–Crippen LogP) is 4.70. The minimum atomic E-state index is -0.577. The maximum absolute atomic E-state index is 13.2. The molecule has 7 nitrogen and oxygen atoms in total. The molecule has 0 saturated carbocycles. The highest BCUT2D eigenvalue weighted by Crippen LogP contribution is 2.32. The second-order valence-electron chi connectivity index (χ2n) is 9.68. The Balaban J connectivity index is 1.25. The highest BCUT2D eigenvalue weighted by Gasteiger charge is 2.39. The van der Waals surface area contributed by atoms with Crippen molar-refractivity contribution in [1.29, 1.82) is 0 Å². The Kier molecular flexibility index (Phi) is 7.31. The summed E-state index contributed by atoms with van der Waals surface area (Å²) in [5.41, 5.74) is 4.60. The lowest BCUT2D eigenvalue weighted by Gasteiger charge is -2.34. The standard InChI is InChI=1S/C30H29ClN4O3/c1-20-11-12-25(21(2)17-20)35-29(37)26(31)27(30(35)38)32-24-10-6-9-23(18-24)28(36)34-15-13-33(14-16-34)19-22-7-4-3-5-8-22/h3-12,17-18,32H,13-16,19H2,1-2H3. The first-order valence-electron chi connectivity index (χ1n) is 12.6. The van der Waals surface area contributed by atoms with Gasteiger partial charge < -0.3 is 10.2 Å². The largest absolute Gasteiger partial charge is 0.350 e. The Morgan fingerprint density at radius 3 is 2.32 bits per heavy atom. The minimum Gasteiger partial charge on any atom is -0.350 e. The number of hydrogen-bond acceptors (Lipinski definition) is 5. The Bertz CT molecular complexity index is 1430. The number of nitrogens with zero attached hydrogens (tertiary/aromatic N) is 3. The second kappa shape index (κ2) is 10.8. The summed E-state index contributed by atoms with van der Waals surface area (Å²) in [5.74, 6) is -1.18. The summed E-state index contributed by atoms with van der Waals surface area (Å²) in [6.07, 6.45) is 0. The van der Waals surface area contributed by atoms with Gasteiger partial charge in [0, 0.05) is 44.0 Å². The van der Waals surface area contributed by atoms with Crippen molar-refractivity contribution in [3.05, 3.63) is 106 Å². The van der Waals surface area contributed by atoms with Crippen LogP contribution in [-0.4, -0.2) is 53.7 Å². The summed E-state index contributed by atoms with van der Waals surface area (Å²) in [6, 6.07) is 22.7. The minimum absolute atomic E-state index is 0.00392. The van der Waals surface area contributed by atoms with Crippen LogP contribution in [0.3, 0.4) is 0 Å². The molecule has 0 aromatic heterocycles. The average Bonchev–Trinajstić information content (AvgIpc) is 3.12. The molecule has 0 atom stereocenters. The Morgan fingerprint density at radius 1 is 0.868 bits per heavy atom. The molecule has 194 valence electrons. The third-order valence-electron chi connectivity index (χ3n) is 6.91. The molecule has 8 heteroatoms. The van der Waals surface area contributed by atoms with Gasteiger partial charge in [-0.2, -0.15) is 0 Å². The Morgan fingerprint density at radius 2 is 1.61 bits per heavy atom. The smallest absolute Gasteiger partial charge is 0.283 e. The van der Waals surface area contributed by atoms with E-state index in [0.717, 1.165) is 35.7 Å². The van der Waals surface area contributed by atoms with Gasteiger partial charge >= 0.3 is 0 Å². The predicted molar refractivity (Wildman–Crippen MR) is 149 cm³/mol. The zero-order valence-electron chi connectivity index (χ0n) is 21.4. The summed E-state index contributed by atoms with van der Waals surface area (Å²) in [7, 11) is 0. The van der Waals surface area contributed by atoms with E-state index in [1.54, 1.807) is 30.3 Å². The highest BCUT2D eigenvalue weighted by atomic mass is 35.5. The van der Waals surface area contributed by atoms with E-state index in [0.29, 0.717) is 30.0 Å². The first-order valence-corrected chi connectivity index (χ1v) is 13.0. The van der Waals surface area contributed by atoms with Gasteiger partial charge in [-0.15, -0.1) is 0 Å². The van der Waals surface area contributed by atoms with E-state index in [-0.39, 0.29) is 16.6 Å². The molecule has 0 radical (unpaired) electrons. The van der Waals surface area contributed by atoms with E-state index in [2.05, 4.69) is 22.3 Å². The van der Waals surface area contributed by atoms with E-state index >= 15 is 0 Å². The van der Waals surface area contributed by atoms with Crippen molar-refractivity contribution < 1.29 is 14.4 Å². The lowest BCUT2D eigenvalue weighted by Crippen LogP contribution is -2.48. The Hall–Kier alpha value is -3.94. The summed E-state index contributed by atoms with van der Waals surface area (Å²) in [4.78, 5) is 44.6. The third kappa shape index (κ3) is 5.21. The molecule has 0 unspecified atom stereocenters. The number of anilines is 2. The van der Waals surface area contributed by atoms with Crippen LogP contribution in [0.4, 0.5) is 11.4 Å². The van der Waals surface area contributed by atoms with E-state index in [9.17, 15) is 14.4 Å². The topological polar surface area (TPSA) is 73.0 Å². The number of carbonyl (C=O) groups is 3. The van der Waals surface area contributed by atoms with Gasteiger partial charge in [-0.25, -0.2) is 4.90 Å². The molecule has 2 aliphatic rings. The van der Waals surface area contributed by atoms with Crippen molar-refractivity contribution in [1.82, 2.24) is 9.80 Å². The van der Waals surface area contributed by atoms with Gasteiger partial charge in [0.1, 0.15) is 10.7 Å². The van der Waals surface area contributed by atoms with Crippen molar-refractivity contribution >= 4 is 40.7 Å². The van der Waals surface area contributed by atoms with Crippen molar-refractivity contribution in [2.75, 3.05) is 36.4 Å². The number of carbonyl (C=O) groups excluding carboxylic acids is 3. The number of nitrogens with one attached hydrogen (secondary N) is 1. The number of aryl methyl sites for hydroxylation is 2. The van der Waals surface area contributed by atoms with Gasteiger partial charge in [0.05, 0.1) is 5.69 Å². The normalized spacial score (nSPS) is 16.4. The van der Waals surface area contributed by atoms with Crippen LogP contribution in [0.5, 0.6) is 0 Å². The number of halogens is 1. The summed E-state index contributed by atoms with van der Waals surface area (Å²) < 4.78 is 0. The van der Waals surface area contributed by atoms with Gasteiger partial charge in [0.2, 0.25) is 0 Å². The van der Waals surface area contributed by atoms with Gasteiger partial charge in [0.25, 0.3) is 17.7 Å². The summed E-state index contributed by atoms with van der Waals surface area (Å²) in [5, 5.41) is 2.81. The summed E-state index contributed by atoms with van der Waals surface area (Å²) in [6.45, 7) is 7.53. The van der Waals surface area contributed by atoms with Crippen molar-refractivity contribution in [2.45, 2.75) is 20.4 Å². The highest BCUT2D eigenvalue weighted by molar-refractivity contribution is 6.53. The van der Waals surface area contributed by atoms with E-state index in [4.69, 9.17) is 11.6 Å². The molecule has 5 rings (SSSR count). The number of benzene rings is 3. The van der Waals surface area contributed by atoms with E-state index < -0.39 is 11.8 Å². The van der Waals surface area contributed by atoms with E-state index in [1.165, 1.54) is 5.56 Å². The van der Waals surface area contributed by atoms with Crippen LogP contribution in [0.1, 0.15) is 27.0 Å². The van der Waals surface area contributed by atoms with Gasteiger partial charge in [-0.3, -0.25) is 19.3 Å². The molecule has 1 saturated heterocycles. The lowest BCUT2D eigenvalue weighted by atomic mass is 10.1. The van der Waals surface area contributed by atoms with Gasteiger partial charge in [-0.05, 0) is 49.2 Å². The zero-order chi connectivity index (χ0) is 26.8. The molecule has 3 aromatic rings. The number of imide groups is 1. The number of amides is 3. The van der Waals surface area contributed by atoms with Crippen LogP contribution >= 0.6 is 11.6 Å². The van der Waals surface area contributed by atoms with Crippen LogP contribution in [0.25, 0.3) is 0 Å². The fourth-order valence-electron chi connectivity index (χ4n) is 4.89. The van der Waals surface area contributed by atoms with Crippen LogP contribution in [0, 0.1) is 13.8 Å². The molecule has 0 aliphatic carbocycles. The van der Waals surface area contributed by atoms with Crippen molar-refractivity contribution in [3.63, 3.8) is 0 Å².